The zero-order valence-corrected chi connectivity index (χ0v) is 12.5. The van der Waals surface area contributed by atoms with Crippen molar-refractivity contribution in [2.75, 3.05) is 18.9 Å². The van der Waals surface area contributed by atoms with E-state index in [9.17, 15) is 8.42 Å². The molecular weight excluding hydrogens is 300 g/mol. The second-order valence-corrected chi connectivity index (χ2v) is 7.48. The molecule has 7 heteroatoms. The summed E-state index contributed by atoms with van der Waals surface area (Å²) >= 11 is 6.05. The summed E-state index contributed by atoms with van der Waals surface area (Å²) in [5.41, 5.74) is 6.09. The van der Waals surface area contributed by atoms with E-state index >= 15 is 0 Å². The van der Waals surface area contributed by atoms with E-state index in [0.29, 0.717) is 18.8 Å². The normalized spacial score (nSPS) is 27.4. The maximum atomic E-state index is 12.8. The lowest BCUT2D eigenvalue weighted by molar-refractivity contribution is -0.0241. The van der Waals surface area contributed by atoms with E-state index in [4.69, 9.17) is 22.1 Å². The van der Waals surface area contributed by atoms with E-state index in [1.807, 2.05) is 0 Å². The van der Waals surface area contributed by atoms with Crippen LogP contribution in [0.1, 0.15) is 19.3 Å². The Balaban J connectivity index is 2.00. The fourth-order valence-corrected chi connectivity index (χ4v) is 5.21. The number of sulfonamides is 1. The number of ether oxygens (including phenoxy) is 1. The van der Waals surface area contributed by atoms with Crippen LogP contribution < -0.4 is 5.73 Å². The zero-order chi connectivity index (χ0) is 14.3. The molecule has 2 aliphatic rings. The Morgan fingerprint density at radius 2 is 2.15 bits per heavy atom. The molecular formula is C13H17ClN2O3S. The fourth-order valence-electron chi connectivity index (χ4n) is 3.03. The average molecular weight is 317 g/mol. The molecule has 0 spiro atoms. The standard InChI is InChI=1S/C13H17ClN2O3S/c14-10-5-4-9(15)8-13(10)20(17,18)16-6-7-19-12-3-1-2-11(12)16/h4-5,8,11-12H,1-3,6-7,15H2. The molecule has 1 aliphatic carbocycles. The Hall–Kier alpha value is -0.820. The first-order valence-corrected chi connectivity index (χ1v) is 8.50. The Bertz CT molecular complexity index is 620. The van der Waals surface area contributed by atoms with Gasteiger partial charge in [-0.3, -0.25) is 0 Å². The maximum absolute atomic E-state index is 12.8. The highest BCUT2D eigenvalue weighted by atomic mass is 35.5. The zero-order valence-electron chi connectivity index (χ0n) is 11.0. The maximum Gasteiger partial charge on any atom is 0.245 e. The van der Waals surface area contributed by atoms with Gasteiger partial charge >= 0.3 is 0 Å². The van der Waals surface area contributed by atoms with Crippen molar-refractivity contribution >= 4 is 27.3 Å². The summed E-state index contributed by atoms with van der Waals surface area (Å²) in [6.07, 6.45) is 2.76. The molecule has 0 radical (unpaired) electrons. The molecule has 1 heterocycles. The van der Waals surface area contributed by atoms with Gasteiger partial charge in [-0.2, -0.15) is 4.31 Å². The molecule has 0 aromatic heterocycles. The van der Waals surface area contributed by atoms with Crippen molar-refractivity contribution in [2.45, 2.75) is 36.3 Å². The largest absolute Gasteiger partial charge is 0.399 e. The first kappa shape index (κ1) is 14.1. The lowest BCUT2D eigenvalue weighted by Crippen LogP contribution is -2.51. The number of nitrogens with zero attached hydrogens (tertiary/aromatic N) is 1. The van der Waals surface area contributed by atoms with Gasteiger partial charge in [0.15, 0.2) is 0 Å². The van der Waals surface area contributed by atoms with Crippen LogP contribution in [-0.4, -0.2) is 38.0 Å². The summed E-state index contributed by atoms with van der Waals surface area (Å²) < 4.78 is 32.9. The van der Waals surface area contributed by atoms with Crippen LogP contribution in [0.4, 0.5) is 5.69 Å². The molecule has 0 bridgehead atoms. The van der Waals surface area contributed by atoms with E-state index in [1.165, 1.54) is 16.4 Å². The monoisotopic (exact) mass is 316 g/mol. The van der Waals surface area contributed by atoms with Crippen LogP contribution in [-0.2, 0) is 14.8 Å². The molecule has 1 saturated heterocycles. The third kappa shape index (κ3) is 2.30. The molecule has 2 fully saturated rings. The van der Waals surface area contributed by atoms with Crippen molar-refractivity contribution in [3.05, 3.63) is 23.2 Å². The van der Waals surface area contributed by atoms with E-state index in [0.717, 1.165) is 19.3 Å². The minimum atomic E-state index is -3.63. The van der Waals surface area contributed by atoms with Crippen molar-refractivity contribution in [1.82, 2.24) is 4.31 Å². The quantitative estimate of drug-likeness (QED) is 0.845. The van der Waals surface area contributed by atoms with Crippen molar-refractivity contribution < 1.29 is 13.2 Å². The second-order valence-electron chi connectivity index (χ2n) is 5.21. The molecule has 3 rings (SSSR count). The van der Waals surface area contributed by atoms with Gasteiger partial charge in [0, 0.05) is 12.2 Å². The number of anilines is 1. The molecule has 1 aliphatic heterocycles. The number of hydrogen-bond donors (Lipinski definition) is 1. The summed E-state index contributed by atoms with van der Waals surface area (Å²) in [7, 11) is -3.63. The van der Waals surface area contributed by atoms with Crippen LogP contribution in [0.3, 0.4) is 0 Å². The molecule has 1 aromatic carbocycles. The molecule has 1 saturated carbocycles. The predicted octanol–water partition coefficient (Wildman–Crippen LogP) is 1.86. The van der Waals surface area contributed by atoms with Crippen molar-refractivity contribution in [1.29, 1.82) is 0 Å². The highest BCUT2D eigenvalue weighted by Gasteiger charge is 2.42. The van der Waals surface area contributed by atoms with Crippen molar-refractivity contribution in [2.24, 2.45) is 0 Å². The number of morpholine rings is 1. The minimum absolute atomic E-state index is 0.0124. The third-order valence-corrected chi connectivity index (χ3v) is 6.38. The predicted molar refractivity (Wildman–Crippen MR) is 77.1 cm³/mol. The highest BCUT2D eigenvalue weighted by molar-refractivity contribution is 7.89. The van der Waals surface area contributed by atoms with Crippen LogP contribution in [0.2, 0.25) is 5.02 Å². The molecule has 2 atom stereocenters. The van der Waals surface area contributed by atoms with Gasteiger partial charge in [0.1, 0.15) is 4.90 Å². The molecule has 5 nitrogen and oxygen atoms in total. The summed E-state index contributed by atoms with van der Waals surface area (Å²) in [5.74, 6) is 0. The van der Waals surface area contributed by atoms with Gasteiger partial charge in [-0.25, -0.2) is 8.42 Å². The Labute approximate surface area is 123 Å². The highest BCUT2D eigenvalue weighted by Crippen LogP contribution is 2.35. The smallest absolute Gasteiger partial charge is 0.245 e. The van der Waals surface area contributed by atoms with E-state index in [2.05, 4.69) is 0 Å². The van der Waals surface area contributed by atoms with Gasteiger partial charge in [-0.1, -0.05) is 11.6 Å². The van der Waals surface area contributed by atoms with Crippen LogP contribution >= 0.6 is 11.6 Å². The number of hydrogen-bond acceptors (Lipinski definition) is 4. The third-order valence-electron chi connectivity index (χ3n) is 3.97. The molecule has 20 heavy (non-hydrogen) atoms. The summed E-state index contributed by atoms with van der Waals surface area (Å²) in [5, 5.41) is 0.209. The van der Waals surface area contributed by atoms with E-state index in [1.54, 1.807) is 6.07 Å². The average Bonchev–Trinajstić information content (AvgIpc) is 2.89. The topological polar surface area (TPSA) is 72.6 Å². The minimum Gasteiger partial charge on any atom is -0.399 e. The van der Waals surface area contributed by atoms with Gasteiger partial charge in [0.2, 0.25) is 10.0 Å². The molecule has 2 unspecified atom stereocenters. The van der Waals surface area contributed by atoms with Crippen LogP contribution in [0.5, 0.6) is 0 Å². The number of nitrogen functional groups attached to an aromatic ring is 1. The van der Waals surface area contributed by atoms with Gasteiger partial charge < -0.3 is 10.5 Å². The Kier molecular flexibility index (Phi) is 3.66. The summed E-state index contributed by atoms with van der Waals surface area (Å²) in [6, 6.07) is 4.47. The lowest BCUT2D eigenvalue weighted by Gasteiger charge is -2.36. The first-order chi connectivity index (χ1) is 9.50. The SMILES string of the molecule is Nc1ccc(Cl)c(S(=O)(=O)N2CCOC3CCCC32)c1. The number of halogens is 1. The van der Waals surface area contributed by atoms with Crippen LogP contribution in [0.25, 0.3) is 0 Å². The Morgan fingerprint density at radius 1 is 1.35 bits per heavy atom. The van der Waals surface area contributed by atoms with E-state index in [-0.39, 0.29) is 22.1 Å². The van der Waals surface area contributed by atoms with Crippen LogP contribution in [0, 0.1) is 0 Å². The van der Waals surface area contributed by atoms with Gasteiger partial charge in [0.05, 0.1) is 23.8 Å². The number of benzene rings is 1. The van der Waals surface area contributed by atoms with Crippen molar-refractivity contribution in [3.63, 3.8) is 0 Å². The number of nitrogens with two attached hydrogens (primary N) is 1. The number of rotatable bonds is 2. The first-order valence-electron chi connectivity index (χ1n) is 6.68. The summed E-state index contributed by atoms with van der Waals surface area (Å²) in [4.78, 5) is 0.0896. The van der Waals surface area contributed by atoms with E-state index < -0.39 is 10.0 Å². The van der Waals surface area contributed by atoms with Crippen LogP contribution in [0.15, 0.2) is 23.1 Å². The molecule has 110 valence electrons. The van der Waals surface area contributed by atoms with Gasteiger partial charge in [-0.15, -0.1) is 0 Å². The number of fused-ring (bicyclic) bond motifs is 1. The summed E-state index contributed by atoms with van der Waals surface area (Å²) in [6.45, 7) is 0.801. The molecule has 1 aromatic rings. The van der Waals surface area contributed by atoms with Gasteiger partial charge in [0.25, 0.3) is 0 Å². The van der Waals surface area contributed by atoms with Crippen molar-refractivity contribution in [3.8, 4) is 0 Å². The fraction of sp³-hybridized carbons (Fsp3) is 0.538. The molecule has 2 N–H and O–H groups in total. The molecule has 0 amide bonds. The van der Waals surface area contributed by atoms with Gasteiger partial charge in [-0.05, 0) is 37.5 Å². The lowest BCUT2D eigenvalue weighted by atomic mass is 10.2. The Morgan fingerprint density at radius 3 is 2.95 bits per heavy atom. The second kappa shape index (κ2) is 5.18.